The van der Waals surface area contributed by atoms with E-state index in [-0.39, 0.29) is 18.2 Å². The van der Waals surface area contributed by atoms with Gasteiger partial charge in [0.2, 0.25) is 5.91 Å². The molecule has 0 aliphatic carbocycles. The summed E-state index contributed by atoms with van der Waals surface area (Å²) in [6.07, 6.45) is 3.46. The van der Waals surface area contributed by atoms with Crippen LogP contribution in [-0.4, -0.2) is 35.8 Å². The van der Waals surface area contributed by atoms with E-state index >= 15 is 0 Å². The van der Waals surface area contributed by atoms with Crippen LogP contribution in [0.4, 0.5) is 0 Å². The maximum atomic E-state index is 12.1. The van der Waals surface area contributed by atoms with Crippen LogP contribution in [0.3, 0.4) is 0 Å². The Labute approximate surface area is 137 Å². The van der Waals surface area contributed by atoms with Gasteiger partial charge in [0, 0.05) is 23.6 Å². The van der Waals surface area contributed by atoms with Gasteiger partial charge in [-0.05, 0) is 29.7 Å². The lowest BCUT2D eigenvalue weighted by Gasteiger charge is -2.20. The number of benzene rings is 1. The highest BCUT2D eigenvalue weighted by Gasteiger charge is 2.17. The molecule has 2 rings (SSSR count). The fraction of sp³-hybridized carbons (Fsp3) is 0.500. The van der Waals surface area contributed by atoms with Crippen LogP contribution in [0.2, 0.25) is 0 Å². The molecule has 0 fully saturated rings. The van der Waals surface area contributed by atoms with Gasteiger partial charge in [-0.15, -0.1) is 0 Å². The number of rotatable bonds is 8. The lowest BCUT2D eigenvalue weighted by Crippen LogP contribution is -2.36. The van der Waals surface area contributed by atoms with Gasteiger partial charge in [-0.1, -0.05) is 26.7 Å². The third-order valence-corrected chi connectivity index (χ3v) is 4.43. The van der Waals surface area contributed by atoms with Gasteiger partial charge in [-0.25, -0.2) is 0 Å². The first-order valence-corrected chi connectivity index (χ1v) is 8.17. The minimum absolute atomic E-state index is 0.0845. The van der Waals surface area contributed by atoms with E-state index in [0.717, 1.165) is 35.1 Å². The number of fused-ring (bicyclic) bond motifs is 1. The van der Waals surface area contributed by atoms with Gasteiger partial charge in [0.25, 0.3) is 0 Å². The van der Waals surface area contributed by atoms with Gasteiger partial charge in [-0.2, -0.15) is 0 Å². The normalized spacial score (nSPS) is 12.6. The van der Waals surface area contributed by atoms with Crippen molar-refractivity contribution < 1.29 is 14.6 Å². The molecular formula is C18H26N2O3. The molecule has 5 nitrogen and oxygen atoms in total. The fourth-order valence-corrected chi connectivity index (χ4v) is 2.88. The summed E-state index contributed by atoms with van der Waals surface area (Å²) in [6, 6.07) is 5.74. The number of aromatic amines is 1. The first-order valence-electron chi connectivity index (χ1n) is 8.17. The number of aliphatic hydroxyl groups excluding tert-OH is 1. The van der Waals surface area contributed by atoms with Gasteiger partial charge in [0.15, 0.2) is 0 Å². The van der Waals surface area contributed by atoms with E-state index in [2.05, 4.69) is 24.1 Å². The molecule has 0 saturated heterocycles. The average molecular weight is 318 g/mol. The van der Waals surface area contributed by atoms with E-state index in [9.17, 15) is 9.90 Å². The maximum Gasteiger partial charge on any atom is 0.224 e. The number of aliphatic hydroxyl groups is 1. The second kappa shape index (κ2) is 8.02. The number of amides is 1. The highest BCUT2D eigenvalue weighted by atomic mass is 16.5. The van der Waals surface area contributed by atoms with Crippen LogP contribution >= 0.6 is 0 Å². The van der Waals surface area contributed by atoms with Crippen molar-refractivity contribution in [2.24, 2.45) is 5.92 Å². The van der Waals surface area contributed by atoms with Crippen molar-refractivity contribution in [3.8, 4) is 5.75 Å². The van der Waals surface area contributed by atoms with Crippen LogP contribution in [0.5, 0.6) is 5.75 Å². The van der Waals surface area contributed by atoms with Gasteiger partial charge < -0.3 is 20.1 Å². The summed E-state index contributed by atoms with van der Waals surface area (Å²) in [4.78, 5) is 15.3. The maximum absolute atomic E-state index is 12.1. The molecule has 1 heterocycles. The Balaban J connectivity index is 1.98. The SMILES string of the molecule is CCC(CC)C(O)CNC(=O)Cc1c[nH]c2ccc(OC)cc12. The fourth-order valence-electron chi connectivity index (χ4n) is 2.88. The Bertz CT molecular complexity index is 647. The molecule has 0 aliphatic heterocycles. The second-order valence-electron chi connectivity index (χ2n) is 5.85. The Morgan fingerprint density at radius 2 is 2.09 bits per heavy atom. The third-order valence-electron chi connectivity index (χ3n) is 4.43. The highest BCUT2D eigenvalue weighted by Crippen LogP contribution is 2.24. The lowest BCUT2D eigenvalue weighted by molar-refractivity contribution is -0.121. The quantitative estimate of drug-likeness (QED) is 0.700. The Morgan fingerprint density at radius 1 is 1.35 bits per heavy atom. The van der Waals surface area contributed by atoms with Crippen molar-refractivity contribution in [1.82, 2.24) is 10.3 Å². The number of hydrogen-bond donors (Lipinski definition) is 3. The molecule has 23 heavy (non-hydrogen) atoms. The number of H-pyrrole nitrogens is 1. The number of nitrogens with one attached hydrogen (secondary N) is 2. The Morgan fingerprint density at radius 3 is 2.74 bits per heavy atom. The first-order chi connectivity index (χ1) is 11.1. The van der Waals surface area contributed by atoms with Crippen molar-refractivity contribution in [1.29, 1.82) is 0 Å². The van der Waals surface area contributed by atoms with E-state index < -0.39 is 6.10 Å². The summed E-state index contributed by atoms with van der Waals surface area (Å²) in [5.41, 5.74) is 1.90. The summed E-state index contributed by atoms with van der Waals surface area (Å²) in [5.74, 6) is 0.911. The Kier molecular flexibility index (Phi) is 6.04. The third kappa shape index (κ3) is 4.26. The van der Waals surface area contributed by atoms with Crippen LogP contribution in [-0.2, 0) is 11.2 Å². The monoisotopic (exact) mass is 318 g/mol. The molecular weight excluding hydrogens is 292 g/mol. The van der Waals surface area contributed by atoms with Gasteiger partial charge >= 0.3 is 0 Å². The van der Waals surface area contributed by atoms with Crippen LogP contribution < -0.4 is 10.1 Å². The number of hydrogen-bond acceptors (Lipinski definition) is 3. The highest BCUT2D eigenvalue weighted by molar-refractivity contribution is 5.89. The zero-order valence-corrected chi connectivity index (χ0v) is 14.1. The van der Waals surface area contributed by atoms with Crippen LogP contribution in [0.1, 0.15) is 32.3 Å². The van der Waals surface area contributed by atoms with E-state index in [1.165, 1.54) is 0 Å². The van der Waals surface area contributed by atoms with E-state index in [1.807, 2.05) is 24.4 Å². The zero-order chi connectivity index (χ0) is 16.8. The van der Waals surface area contributed by atoms with E-state index in [1.54, 1.807) is 7.11 Å². The van der Waals surface area contributed by atoms with E-state index in [0.29, 0.717) is 6.54 Å². The van der Waals surface area contributed by atoms with Crippen LogP contribution in [0.15, 0.2) is 24.4 Å². The lowest BCUT2D eigenvalue weighted by atomic mass is 9.96. The van der Waals surface area contributed by atoms with Gasteiger partial charge in [-0.3, -0.25) is 4.79 Å². The van der Waals surface area contributed by atoms with Crippen molar-refractivity contribution in [2.45, 2.75) is 39.2 Å². The number of ether oxygens (including phenoxy) is 1. The molecule has 0 radical (unpaired) electrons. The molecule has 0 aliphatic rings. The standard InChI is InChI=1S/C18H26N2O3/c1-4-12(5-2)17(21)11-20-18(22)8-13-10-19-16-7-6-14(23-3)9-15(13)16/h6-7,9-10,12,17,19,21H,4-5,8,11H2,1-3H3,(H,20,22). The number of aromatic nitrogens is 1. The van der Waals surface area contributed by atoms with E-state index in [4.69, 9.17) is 4.74 Å². The second-order valence-corrected chi connectivity index (χ2v) is 5.85. The van der Waals surface area contributed by atoms with Crippen molar-refractivity contribution >= 4 is 16.8 Å². The molecule has 1 aromatic carbocycles. The summed E-state index contributed by atoms with van der Waals surface area (Å²) >= 11 is 0. The summed E-state index contributed by atoms with van der Waals surface area (Å²) in [6.45, 7) is 4.41. The smallest absolute Gasteiger partial charge is 0.224 e. The number of carbonyl (C=O) groups is 1. The molecule has 0 bridgehead atoms. The summed E-state index contributed by atoms with van der Waals surface area (Å²) in [7, 11) is 1.62. The predicted molar refractivity (Wildman–Crippen MR) is 91.6 cm³/mol. The number of carbonyl (C=O) groups excluding carboxylic acids is 1. The molecule has 0 saturated carbocycles. The molecule has 1 atom stereocenters. The first kappa shape index (κ1) is 17.3. The predicted octanol–water partition coefficient (Wildman–Crippen LogP) is 2.63. The molecule has 0 spiro atoms. The Hall–Kier alpha value is -2.01. The van der Waals surface area contributed by atoms with Gasteiger partial charge in [0.05, 0.1) is 19.6 Å². The van der Waals surface area contributed by atoms with Crippen LogP contribution in [0, 0.1) is 5.92 Å². The summed E-state index contributed by atoms with van der Waals surface area (Å²) < 4.78 is 5.23. The van der Waals surface area contributed by atoms with Crippen molar-refractivity contribution in [2.75, 3.05) is 13.7 Å². The van der Waals surface area contributed by atoms with Gasteiger partial charge in [0.1, 0.15) is 5.75 Å². The largest absolute Gasteiger partial charge is 0.497 e. The minimum atomic E-state index is -0.489. The number of methoxy groups -OCH3 is 1. The molecule has 1 aromatic heterocycles. The molecule has 126 valence electrons. The molecule has 1 amide bonds. The average Bonchev–Trinajstić information content (AvgIpc) is 2.96. The molecule has 5 heteroatoms. The van der Waals surface area contributed by atoms with Crippen molar-refractivity contribution in [3.63, 3.8) is 0 Å². The molecule has 3 N–H and O–H groups in total. The summed E-state index contributed by atoms with van der Waals surface area (Å²) in [5, 5.41) is 13.9. The van der Waals surface area contributed by atoms with Crippen molar-refractivity contribution in [3.05, 3.63) is 30.0 Å². The minimum Gasteiger partial charge on any atom is -0.497 e. The zero-order valence-electron chi connectivity index (χ0n) is 14.1. The van der Waals surface area contributed by atoms with Crippen LogP contribution in [0.25, 0.3) is 10.9 Å². The molecule has 2 aromatic rings. The topological polar surface area (TPSA) is 74.4 Å². The molecule has 1 unspecified atom stereocenters.